The topological polar surface area (TPSA) is 8.17 Å². The molecule has 0 fully saturated rings. The molecule has 0 amide bonds. The predicted molar refractivity (Wildman–Crippen MR) is 281 cm³/mol. The quantitative estimate of drug-likeness (QED) is 0.148. The summed E-state index contributed by atoms with van der Waals surface area (Å²) in [7, 11) is 0. The molecule has 11 aromatic carbocycles. The number of benzene rings is 11. The highest BCUT2D eigenvalue weighted by Gasteiger charge is 2.47. The van der Waals surface area contributed by atoms with Gasteiger partial charge in [-0.05, 0) is 97.9 Å². The summed E-state index contributed by atoms with van der Waals surface area (Å²) in [5.74, 6) is 0. The fourth-order valence-corrected chi connectivity index (χ4v) is 11.2. The number of rotatable bonds is 8. The lowest BCUT2D eigenvalue weighted by atomic mass is 9.66. The van der Waals surface area contributed by atoms with Crippen LogP contribution in [0.25, 0.3) is 71.6 Å². The number of hydrogen-bond acceptors (Lipinski definition) is 1. The van der Waals surface area contributed by atoms with E-state index in [-0.39, 0.29) is 0 Å². The number of anilines is 3. The zero-order valence-electron chi connectivity index (χ0n) is 36.8. The van der Waals surface area contributed by atoms with Gasteiger partial charge in [-0.1, -0.05) is 224 Å². The van der Waals surface area contributed by atoms with E-state index in [9.17, 15) is 0 Å². The number of fused-ring (bicyclic) bond motifs is 8. The summed E-state index contributed by atoms with van der Waals surface area (Å²) in [4.78, 5) is 2.45. The highest BCUT2D eigenvalue weighted by molar-refractivity contribution is 6.19. The van der Waals surface area contributed by atoms with E-state index in [4.69, 9.17) is 0 Å². The SMILES string of the molecule is c1ccc(-c2ccccc2-n2c3cc(N(c4ccccc4)c4ccc5c(c4)C(c4ccccc4)(c4ccccc4-c4ccccc4)c4ccccc4-5)ccc3c3ccc4ccccc4c32)cc1. The van der Waals surface area contributed by atoms with Gasteiger partial charge in [0.2, 0.25) is 0 Å². The van der Waals surface area contributed by atoms with Crippen LogP contribution in [0.15, 0.2) is 267 Å². The van der Waals surface area contributed by atoms with Crippen LogP contribution in [0.5, 0.6) is 0 Å². The van der Waals surface area contributed by atoms with E-state index >= 15 is 0 Å². The maximum Gasteiger partial charge on any atom is 0.0720 e. The molecule has 1 aromatic heterocycles. The van der Waals surface area contributed by atoms with Gasteiger partial charge in [0.05, 0.1) is 22.1 Å². The third-order valence-electron chi connectivity index (χ3n) is 14.0. The molecule has 314 valence electrons. The highest BCUT2D eigenvalue weighted by atomic mass is 15.1. The molecule has 13 rings (SSSR count). The molecular weight excluding hydrogens is 809 g/mol. The van der Waals surface area contributed by atoms with Crippen molar-refractivity contribution in [3.05, 3.63) is 289 Å². The number of para-hydroxylation sites is 2. The summed E-state index contributed by atoms with van der Waals surface area (Å²) < 4.78 is 2.52. The van der Waals surface area contributed by atoms with Gasteiger partial charge in [-0.2, -0.15) is 0 Å². The van der Waals surface area contributed by atoms with Gasteiger partial charge in [0.1, 0.15) is 0 Å². The van der Waals surface area contributed by atoms with E-state index in [1.165, 1.54) is 82.7 Å². The van der Waals surface area contributed by atoms with Crippen LogP contribution in [0.1, 0.15) is 22.3 Å². The molecule has 0 spiro atoms. The molecule has 1 unspecified atom stereocenters. The molecule has 0 N–H and O–H groups in total. The van der Waals surface area contributed by atoms with Crippen LogP contribution in [0, 0.1) is 0 Å². The van der Waals surface area contributed by atoms with Crippen molar-refractivity contribution in [3.63, 3.8) is 0 Å². The van der Waals surface area contributed by atoms with Crippen LogP contribution < -0.4 is 4.90 Å². The van der Waals surface area contributed by atoms with Crippen LogP contribution in [-0.4, -0.2) is 4.57 Å². The minimum Gasteiger partial charge on any atom is -0.310 e. The van der Waals surface area contributed by atoms with Gasteiger partial charge in [0, 0.05) is 38.8 Å². The second kappa shape index (κ2) is 15.8. The number of hydrogen-bond donors (Lipinski definition) is 0. The van der Waals surface area contributed by atoms with Crippen LogP contribution in [0.3, 0.4) is 0 Å². The zero-order chi connectivity index (χ0) is 44.3. The van der Waals surface area contributed by atoms with Gasteiger partial charge >= 0.3 is 0 Å². The molecule has 1 aliphatic rings. The molecule has 2 nitrogen and oxygen atoms in total. The van der Waals surface area contributed by atoms with Gasteiger partial charge < -0.3 is 9.47 Å². The monoisotopic (exact) mass is 852 g/mol. The Bertz CT molecular complexity index is 3800. The van der Waals surface area contributed by atoms with Crippen molar-refractivity contribution in [2.45, 2.75) is 5.41 Å². The Balaban J connectivity index is 1.10. The van der Waals surface area contributed by atoms with Gasteiger partial charge in [0.25, 0.3) is 0 Å². The third-order valence-corrected chi connectivity index (χ3v) is 14.0. The third kappa shape index (κ3) is 6.04. The van der Waals surface area contributed by atoms with Crippen molar-refractivity contribution in [2.75, 3.05) is 4.90 Å². The molecule has 1 atom stereocenters. The first-order valence-electron chi connectivity index (χ1n) is 23.2. The fraction of sp³-hybridized carbons (Fsp3) is 0.0154. The van der Waals surface area contributed by atoms with Crippen LogP contribution in [0.4, 0.5) is 17.1 Å². The summed E-state index contributed by atoms with van der Waals surface area (Å²) in [5.41, 5.74) is 18.5. The van der Waals surface area contributed by atoms with Crippen molar-refractivity contribution in [3.8, 4) is 39.1 Å². The molecule has 2 heteroatoms. The predicted octanol–water partition coefficient (Wildman–Crippen LogP) is 17.1. The van der Waals surface area contributed by atoms with E-state index in [0.29, 0.717) is 0 Å². The van der Waals surface area contributed by atoms with Crippen molar-refractivity contribution < 1.29 is 0 Å². The van der Waals surface area contributed by atoms with E-state index in [1.54, 1.807) is 0 Å². The standard InChI is InChI=1S/C65H44N2/c1-5-21-45(22-6-1)52-30-15-18-34-59(52)65(48-26-9-3-10-27-48)60-35-19-16-33-55(60)56-41-38-50(43-61(56)65)66(49-28-11-4-12-29-49)51-39-42-57-58-40-37-47-25-13-14-32-54(47)64(58)67(63(57)44-51)62-36-20-17-31-53(62)46-23-7-2-8-24-46/h1-44H. The second-order valence-electron chi connectivity index (χ2n) is 17.6. The lowest BCUT2D eigenvalue weighted by molar-refractivity contribution is 0.770. The summed E-state index contributed by atoms with van der Waals surface area (Å²) in [5, 5.41) is 4.89. The second-order valence-corrected chi connectivity index (χ2v) is 17.6. The Hall–Kier alpha value is -8.72. The Morgan fingerprint density at radius 3 is 1.58 bits per heavy atom. The average molecular weight is 853 g/mol. The first kappa shape index (κ1) is 38.7. The minimum absolute atomic E-state index is 0.615. The molecule has 1 aliphatic carbocycles. The molecule has 0 saturated carbocycles. The van der Waals surface area contributed by atoms with Crippen molar-refractivity contribution in [2.24, 2.45) is 0 Å². The molecule has 0 saturated heterocycles. The maximum absolute atomic E-state index is 2.52. The van der Waals surface area contributed by atoms with Crippen LogP contribution >= 0.6 is 0 Å². The van der Waals surface area contributed by atoms with E-state index < -0.39 is 5.41 Å². The van der Waals surface area contributed by atoms with Gasteiger partial charge in [-0.3, -0.25) is 0 Å². The lowest BCUT2D eigenvalue weighted by Gasteiger charge is -2.36. The Labute approximate surface area is 390 Å². The van der Waals surface area contributed by atoms with Crippen molar-refractivity contribution >= 4 is 49.6 Å². The van der Waals surface area contributed by atoms with Crippen LogP contribution in [-0.2, 0) is 5.41 Å². The number of aromatic nitrogens is 1. The maximum atomic E-state index is 2.52. The molecule has 0 aliphatic heterocycles. The fourth-order valence-electron chi connectivity index (χ4n) is 11.2. The van der Waals surface area contributed by atoms with E-state index in [1.807, 2.05) is 0 Å². The van der Waals surface area contributed by atoms with Gasteiger partial charge in [-0.25, -0.2) is 0 Å². The largest absolute Gasteiger partial charge is 0.310 e. The van der Waals surface area contributed by atoms with E-state index in [0.717, 1.165) is 28.3 Å². The molecule has 1 heterocycles. The van der Waals surface area contributed by atoms with Crippen LogP contribution in [0.2, 0.25) is 0 Å². The first-order valence-corrected chi connectivity index (χ1v) is 23.2. The highest BCUT2D eigenvalue weighted by Crippen LogP contribution is 2.59. The molecule has 0 bridgehead atoms. The molecule has 12 aromatic rings. The summed E-state index contributed by atoms with van der Waals surface area (Å²) in [6.07, 6.45) is 0. The van der Waals surface area contributed by atoms with Crippen molar-refractivity contribution in [1.29, 1.82) is 0 Å². The smallest absolute Gasteiger partial charge is 0.0720 e. The number of nitrogens with zero attached hydrogens (tertiary/aromatic N) is 2. The van der Waals surface area contributed by atoms with Crippen molar-refractivity contribution in [1.82, 2.24) is 4.57 Å². The minimum atomic E-state index is -0.615. The van der Waals surface area contributed by atoms with Gasteiger partial charge in [0.15, 0.2) is 0 Å². The molecule has 67 heavy (non-hydrogen) atoms. The lowest BCUT2D eigenvalue weighted by Crippen LogP contribution is -2.29. The normalized spacial score (nSPS) is 14.0. The Kier molecular flexibility index (Phi) is 9.11. The summed E-state index contributed by atoms with van der Waals surface area (Å²) in [6, 6.07) is 98.2. The summed E-state index contributed by atoms with van der Waals surface area (Å²) >= 11 is 0. The van der Waals surface area contributed by atoms with E-state index in [2.05, 4.69) is 276 Å². The average Bonchev–Trinajstić information content (AvgIpc) is 3.90. The first-order chi connectivity index (χ1) is 33.3. The Morgan fingerprint density at radius 1 is 0.313 bits per heavy atom. The van der Waals surface area contributed by atoms with Gasteiger partial charge in [-0.15, -0.1) is 0 Å². The summed E-state index contributed by atoms with van der Waals surface area (Å²) in [6.45, 7) is 0. The Morgan fingerprint density at radius 2 is 0.836 bits per heavy atom. The zero-order valence-corrected chi connectivity index (χ0v) is 36.8. The molecular formula is C65H44N2. The molecule has 0 radical (unpaired) electrons.